The maximum absolute atomic E-state index is 12.9. The van der Waals surface area contributed by atoms with E-state index >= 15 is 0 Å². The number of likely N-dealkylation sites (tertiary alicyclic amines) is 1. The number of carbonyl (C=O) groups is 3. The van der Waals surface area contributed by atoms with Crippen molar-refractivity contribution in [3.63, 3.8) is 0 Å². The van der Waals surface area contributed by atoms with Crippen LogP contribution < -0.4 is 5.32 Å². The highest BCUT2D eigenvalue weighted by Gasteiger charge is 2.39. The molecule has 2 aliphatic rings. The molecule has 0 bridgehead atoms. The van der Waals surface area contributed by atoms with Crippen LogP contribution in [0.4, 0.5) is 0 Å². The van der Waals surface area contributed by atoms with Crippen molar-refractivity contribution >= 4 is 30.4 Å². The fourth-order valence-corrected chi connectivity index (χ4v) is 4.53. The van der Waals surface area contributed by atoms with Crippen LogP contribution in [0.1, 0.15) is 71.6 Å². The zero-order chi connectivity index (χ0) is 19.3. The zero-order valence-corrected chi connectivity index (χ0v) is 16.8. The molecule has 0 aromatic heterocycles. The molecule has 2 fully saturated rings. The third kappa shape index (κ3) is 5.63. The van der Waals surface area contributed by atoms with Crippen molar-refractivity contribution in [2.45, 2.75) is 88.5 Å². The number of carboxylic acid groups (broad SMARTS) is 1. The number of amides is 2. The van der Waals surface area contributed by atoms with Crippen molar-refractivity contribution in [1.82, 2.24) is 10.2 Å². The monoisotopic (exact) mass is 384 g/mol. The van der Waals surface area contributed by atoms with Crippen LogP contribution in [-0.4, -0.2) is 51.2 Å². The van der Waals surface area contributed by atoms with E-state index in [1.54, 1.807) is 0 Å². The smallest absolute Gasteiger partial charge is 0.323 e. The lowest BCUT2D eigenvalue weighted by molar-refractivity contribution is -0.149. The van der Waals surface area contributed by atoms with Crippen LogP contribution in [0.2, 0.25) is 0 Å². The first-order valence-corrected chi connectivity index (χ1v) is 10.2. The minimum Gasteiger partial charge on any atom is -0.480 e. The summed E-state index contributed by atoms with van der Waals surface area (Å²) in [5.74, 6) is -1.03. The summed E-state index contributed by atoms with van der Waals surface area (Å²) >= 11 is 4.47. The molecule has 7 heteroatoms. The molecule has 1 saturated heterocycles. The standard InChI is InChI=1S/C19H32N2O4S/c1-19(2)10-6-9-14(18(25)21(19)12-16(22)23)20-17(24)15(26)11-13-7-4-3-5-8-13/h13-15,26H,3-12H2,1-2H3,(H,20,24)(H,22,23)/t14?,15-/m0/s1. The van der Waals surface area contributed by atoms with E-state index in [4.69, 9.17) is 5.11 Å². The lowest BCUT2D eigenvalue weighted by Gasteiger charge is -2.37. The Morgan fingerprint density at radius 1 is 1.23 bits per heavy atom. The van der Waals surface area contributed by atoms with Crippen LogP contribution in [-0.2, 0) is 14.4 Å². The van der Waals surface area contributed by atoms with Crippen molar-refractivity contribution in [3.8, 4) is 0 Å². The summed E-state index contributed by atoms with van der Waals surface area (Å²) in [4.78, 5) is 38.0. The second kappa shape index (κ2) is 9.11. The molecular weight excluding hydrogens is 352 g/mol. The van der Waals surface area contributed by atoms with Gasteiger partial charge in [0.25, 0.3) is 0 Å². The highest BCUT2D eigenvalue weighted by Crippen LogP contribution is 2.30. The number of thiol groups is 1. The summed E-state index contributed by atoms with van der Waals surface area (Å²) in [5.41, 5.74) is -0.530. The van der Waals surface area contributed by atoms with Gasteiger partial charge in [0, 0.05) is 5.54 Å². The summed E-state index contributed by atoms with van der Waals surface area (Å²) in [6.07, 6.45) is 8.74. The predicted molar refractivity (Wildman–Crippen MR) is 103 cm³/mol. The first kappa shape index (κ1) is 21.1. The third-order valence-corrected chi connectivity index (χ3v) is 6.22. The van der Waals surface area contributed by atoms with Gasteiger partial charge in [0.05, 0.1) is 5.25 Å². The Balaban J connectivity index is 1.98. The molecule has 0 aromatic rings. The Bertz CT molecular complexity index is 532. The molecule has 1 aliphatic carbocycles. The van der Waals surface area contributed by atoms with E-state index in [9.17, 15) is 14.4 Å². The van der Waals surface area contributed by atoms with E-state index < -0.39 is 22.8 Å². The van der Waals surface area contributed by atoms with E-state index in [0.29, 0.717) is 18.8 Å². The number of rotatable bonds is 6. The van der Waals surface area contributed by atoms with E-state index in [1.165, 1.54) is 24.2 Å². The third-order valence-electron chi connectivity index (χ3n) is 5.77. The SMILES string of the molecule is CC1(C)CCCC(NC(=O)[C@@H](S)CC2CCCCC2)C(=O)N1CC(=O)O. The maximum atomic E-state index is 12.9. The first-order valence-electron chi connectivity index (χ1n) is 9.72. The van der Waals surface area contributed by atoms with Gasteiger partial charge in [-0.15, -0.1) is 0 Å². The molecule has 1 saturated carbocycles. The van der Waals surface area contributed by atoms with E-state index in [0.717, 1.165) is 25.7 Å². The fraction of sp³-hybridized carbons (Fsp3) is 0.842. The van der Waals surface area contributed by atoms with Crippen LogP contribution in [0.15, 0.2) is 0 Å². The average Bonchev–Trinajstić information content (AvgIpc) is 2.67. The minimum absolute atomic E-state index is 0.216. The molecule has 2 atom stereocenters. The summed E-state index contributed by atoms with van der Waals surface area (Å²) in [6, 6.07) is -0.662. The van der Waals surface area contributed by atoms with Gasteiger partial charge in [-0.3, -0.25) is 14.4 Å². The highest BCUT2D eigenvalue weighted by atomic mass is 32.1. The lowest BCUT2D eigenvalue weighted by Crippen LogP contribution is -2.55. The van der Waals surface area contributed by atoms with Gasteiger partial charge in [0.2, 0.25) is 11.8 Å². The molecule has 0 spiro atoms. The van der Waals surface area contributed by atoms with Crippen molar-refractivity contribution in [2.75, 3.05) is 6.54 Å². The molecule has 148 valence electrons. The van der Waals surface area contributed by atoms with Crippen molar-refractivity contribution < 1.29 is 19.5 Å². The second-order valence-electron chi connectivity index (χ2n) is 8.34. The van der Waals surface area contributed by atoms with Gasteiger partial charge in [-0.05, 0) is 45.4 Å². The van der Waals surface area contributed by atoms with Crippen LogP contribution in [0, 0.1) is 5.92 Å². The highest BCUT2D eigenvalue weighted by molar-refractivity contribution is 7.81. The summed E-state index contributed by atoms with van der Waals surface area (Å²) in [5, 5.41) is 11.6. The lowest BCUT2D eigenvalue weighted by atomic mass is 9.86. The molecule has 26 heavy (non-hydrogen) atoms. The first-order chi connectivity index (χ1) is 12.2. The van der Waals surface area contributed by atoms with E-state index in [-0.39, 0.29) is 18.4 Å². The summed E-state index contributed by atoms with van der Waals surface area (Å²) < 4.78 is 0. The van der Waals surface area contributed by atoms with Crippen LogP contribution in [0.5, 0.6) is 0 Å². The van der Waals surface area contributed by atoms with Gasteiger partial charge in [-0.25, -0.2) is 0 Å². The molecule has 1 aliphatic heterocycles. The summed E-state index contributed by atoms with van der Waals surface area (Å²) in [7, 11) is 0. The van der Waals surface area contributed by atoms with Crippen molar-refractivity contribution in [2.24, 2.45) is 5.92 Å². The number of carbonyl (C=O) groups excluding carboxylic acids is 2. The number of aliphatic carboxylic acids is 1. The van der Waals surface area contributed by atoms with Crippen LogP contribution >= 0.6 is 12.6 Å². The van der Waals surface area contributed by atoms with Gasteiger partial charge < -0.3 is 15.3 Å². The number of carboxylic acids is 1. The quantitative estimate of drug-likeness (QED) is 0.615. The molecule has 1 heterocycles. The largest absolute Gasteiger partial charge is 0.480 e. The fourth-order valence-electron chi connectivity index (χ4n) is 4.16. The number of hydrogen-bond acceptors (Lipinski definition) is 4. The number of nitrogens with zero attached hydrogens (tertiary/aromatic N) is 1. The number of hydrogen-bond donors (Lipinski definition) is 3. The van der Waals surface area contributed by atoms with Crippen LogP contribution in [0.3, 0.4) is 0 Å². The number of nitrogens with one attached hydrogen (secondary N) is 1. The molecule has 2 amide bonds. The Labute approximate surface area is 161 Å². The molecular formula is C19H32N2O4S. The van der Waals surface area contributed by atoms with Crippen molar-refractivity contribution in [1.29, 1.82) is 0 Å². The molecule has 2 rings (SSSR count). The van der Waals surface area contributed by atoms with Gasteiger partial charge in [0.15, 0.2) is 0 Å². The van der Waals surface area contributed by atoms with Gasteiger partial charge in [-0.1, -0.05) is 32.1 Å². The molecule has 1 unspecified atom stereocenters. The summed E-state index contributed by atoms with van der Waals surface area (Å²) in [6.45, 7) is 3.41. The van der Waals surface area contributed by atoms with E-state index in [1.807, 2.05) is 13.8 Å². The Kier molecular flexibility index (Phi) is 7.38. The van der Waals surface area contributed by atoms with E-state index in [2.05, 4.69) is 17.9 Å². The van der Waals surface area contributed by atoms with Crippen LogP contribution in [0.25, 0.3) is 0 Å². The Hall–Kier alpha value is -1.24. The molecule has 0 aromatic carbocycles. The van der Waals surface area contributed by atoms with Gasteiger partial charge in [-0.2, -0.15) is 12.6 Å². The van der Waals surface area contributed by atoms with Gasteiger partial charge >= 0.3 is 5.97 Å². The maximum Gasteiger partial charge on any atom is 0.323 e. The zero-order valence-electron chi connectivity index (χ0n) is 15.9. The van der Waals surface area contributed by atoms with Crippen molar-refractivity contribution in [3.05, 3.63) is 0 Å². The minimum atomic E-state index is -1.04. The topological polar surface area (TPSA) is 86.7 Å². The van der Waals surface area contributed by atoms with Gasteiger partial charge in [0.1, 0.15) is 12.6 Å². The molecule has 2 N–H and O–H groups in total. The molecule has 0 radical (unpaired) electrons. The predicted octanol–water partition coefficient (Wildman–Crippen LogP) is 2.62. The second-order valence-corrected chi connectivity index (χ2v) is 8.96. The Morgan fingerprint density at radius 2 is 1.88 bits per heavy atom. The normalized spacial score (nSPS) is 25.4. The Morgan fingerprint density at radius 3 is 2.50 bits per heavy atom. The molecule has 6 nitrogen and oxygen atoms in total. The average molecular weight is 385 g/mol.